The Kier molecular flexibility index (Phi) is 7.06. The van der Waals surface area contributed by atoms with Crippen molar-refractivity contribution < 1.29 is 9.53 Å². The lowest BCUT2D eigenvalue weighted by molar-refractivity contribution is -0.123. The summed E-state index contributed by atoms with van der Waals surface area (Å²) in [5.74, 6) is 0.303. The molecule has 0 aliphatic heterocycles. The minimum atomic E-state index is -0.320. The fourth-order valence-electron chi connectivity index (χ4n) is 2.83. The zero-order chi connectivity index (χ0) is 21.6. The SMILES string of the molecule is CC(C)(C)c1ccc(OCC(=O)NN=Cc2ccc(-c3ccccc3)cc2)c(Br)c1. The van der Waals surface area contributed by atoms with Crippen molar-refractivity contribution in [1.29, 1.82) is 0 Å². The molecule has 0 fully saturated rings. The average Bonchev–Trinajstić information content (AvgIpc) is 2.73. The lowest BCUT2D eigenvalue weighted by Crippen LogP contribution is -2.24. The Bertz CT molecular complexity index is 1020. The van der Waals surface area contributed by atoms with E-state index < -0.39 is 0 Å². The standard InChI is InChI=1S/C25H25BrN2O2/c1-25(2,3)21-13-14-23(22(26)15-21)30-17-24(29)28-27-16-18-9-11-20(12-10-18)19-7-5-4-6-8-19/h4-16H,17H2,1-3H3,(H,28,29). The Labute approximate surface area is 186 Å². The number of hydrogen-bond acceptors (Lipinski definition) is 3. The number of rotatable bonds is 6. The zero-order valence-corrected chi connectivity index (χ0v) is 18.9. The summed E-state index contributed by atoms with van der Waals surface area (Å²) in [6.07, 6.45) is 1.61. The summed E-state index contributed by atoms with van der Waals surface area (Å²) in [5.41, 5.74) is 6.92. The van der Waals surface area contributed by atoms with Crippen molar-refractivity contribution in [1.82, 2.24) is 5.43 Å². The second-order valence-corrected chi connectivity index (χ2v) is 8.82. The molecule has 0 aliphatic carbocycles. The molecule has 0 aromatic heterocycles. The van der Waals surface area contributed by atoms with Crippen molar-refractivity contribution in [3.8, 4) is 16.9 Å². The molecule has 0 saturated carbocycles. The molecule has 0 saturated heterocycles. The molecule has 0 atom stereocenters. The second kappa shape index (κ2) is 9.72. The van der Waals surface area contributed by atoms with Gasteiger partial charge in [-0.1, -0.05) is 81.4 Å². The quantitative estimate of drug-likeness (QED) is 0.362. The summed E-state index contributed by atoms with van der Waals surface area (Å²) in [5, 5.41) is 4.01. The number of nitrogens with zero attached hydrogens (tertiary/aromatic N) is 1. The first-order valence-corrected chi connectivity index (χ1v) is 10.5. The van der Waals surface area contributed by atoms with Gasteiger partial charge in [0, 0.05) is 0 Å². The van der Waals surface area contributed by atoms with E-state index in [1.165, 1.54) is 5.56 Å². The van der Waals surface area contributed by atoms with Crippen LogP contribution in [-0.4, -0.2) is 18.7 Å². The third-order valence-corrected chi connectivity index (χ3v) is 5.20. The number of halogens is 1. The van der Waals surface area contributed by atoms with E-state index in [1.807, 2.05) is 60.7 Å². The fourth-order valence-corrected chi connectivity index (χ4v) is 3.32. The number of amides is 1. The van der Waals surface area contributed by atoms with E-state index in [0.29, 0.717) is 5.75 Å². The molecule has 0 bridgehead atoms. The number of carbonyl (C=O) groups excluding carboxylic acids is 1. The van der Waals surface area contributed by atoms with Crippen LogP contribution in [0.15, 0.2) is 82.4 Å². The monoisotopic (exact) mass is 464 g/mol. The van der Waals surface area contributed by atoms with Gasteiger partial charge in [-0.25, -0.2) is 5.43 Å². The number of hydrazone groups is 1. The van der Waals surface area contributed by atoms with Gasteiger partial charge in [0.15, 0.2) is 6.61 Å². The summed E-state index contributed by atoms with van der Waals surface area (Å²) in [6.45, 7) is 6.33. The van der Waals surface area contributed by atoms with Gasteiger partial charge in [0.2, 0.25) is 0 Å². The van der Waals surface area contributed by atoms with E-state index in [0.717, 1.165) is 21.2 Å². The van der Waals surface area contributed by atoms with E-state index in [9.17, 15) is 4.79 Å². The number of benzene rings is 3. The maximum absolute atomic E-state index is 12.0. The summed E-state index contributed by atoms with van der Waals surface area (Å²) in [4.78, 5) is 12.0. The molecule has 0 spiro atoms. The second-order valence-electron chi connectivity index (χ2n) is 7.97. The highest BCUT2D eigenvalue weighted by atomic mass is 79.9. The third kappa shape index (κ3) is 6.04. The fraction of sp³-hybridized carbons (Fsp3) is 0.200. The van der Waals surface area contributed by atoms with Crippen LogP contribution < -0.4 is 10.2 Å². The van der Waals surface area contributed by atoms with Crippen LogP contribution >= 0.6 is 15.9 Å². The van der Waals surface area contributed by atoms with Crippen LogP contribution in [0.2, 0.25) is 0 Å². The number of hydrogen-bond donors (Lipinski definition) is 1. The van der Waals surface area contributed by atoms with E-state index >= 15 is 0 Å². The van der Waals surface area contributed by atoms with E-state index in [4.69, 9.17) is 4.74 Å². The summed E-state index contributed by atoms with van der Waals surface area (Å²) >= 11 is 3.51. The highest BCUT2D eigenvalue weighted by Gasteiger charge is 2.15. The van der Waals surface area contributed by atoms with Crippen LogP contribution in [0.25, 0.3) is 11.1 Å². The average molecular weight is 465 g/mol. The van der Waals surface area contributed by atoms with Crippen molar-refractivity contribution in [2.75, 3.05) is 6.61 Å². The van der Waals surface area contributed by atoms with Crippen molar-refractivity contribution >= 4 is 28.1 Å². The Balaban J connectivity index is 1.50. The van der Waals surface area contributed by atoms with Crippen molar-refractivity contribution in [3.63, 3.8) is 0 Å². The van der Waals surface area contributed by atoms with Crippen LogP contribution in [0.1, 0.15) is 31.9 Å². The maximum atomic E-state index is 12.0. The highest BCUT2D eigenvalue weighted by Crippen LogP contribution is 2.31. The number of ether oxygens (including phenoxy) is 1. The molecule has 1 amide bonds. The molecule has 0 heterocycles. The van der Waals surface area contributed by atoms with Crippen LogP contribution in [0.3, 0.4) is 0 Å². The first-order valence-electron chi connectivity index (χ1n) is 9.73. The Hall–Kier alpha value is -2.92. The van der Waals surface area contributed by atoms with Crippen molar-refractivity contribution in [3.05, 3.63) is 88.4 Å². The van der Waals surface area contributed by atoms with Crippen LogP contribution in [-0.2, 0) is 10.2 Å². The van der Waals surface area contributed by atoms with Crippen molar-refractivity contribution in [2.45, 2.75) is 26.2 Å². The van der Waals surface area contributed by atoms with Gasteiger partial charge < -0.3 is 4.74 Å². The van der Waals surface area contributed by atoms with Crippen molar-refractivity contribution in [2.24, 2.45) is 5.10 Å². The van der Waals surface area contributed by atoms with Gasteiger partial charge >= 0.3 is 0 Å². The largest absolute Gasteiger partial charge is 0.483 e. The molecule has 154 valence electrons. The molecule has 4 nitrogen and oxygen atoms in total. The lowest BCUT2D eigenvalue weighted by Gasteiger charge is -2.20. The van der Waals surface area contributed by atoms with Crippen LogP contribution in [0.5, 0.6) is 5.75 Å². The van der Waals surface area contributed by atoms with Gasteiger partial charge in [-0.05, 0) is 55.7 Å². The third-order valence-electron chi connectivity index (χ3n) is 4.58. The minimum Gasteiger partial charge on any atom is -0.483 e. The predicted molar refractivity (Wildman–Crippen MR) is 126 cm³/mol. The van der Waals surface area contributed by atoms with Gasteiger partial charge in [-0.15, -0.1) is 0 Å². The molecule has 0 aliphatic rings. The van der Waals surface area contributed by atoms with Gasteiger partial charge in [-0.2, -0.15) is 5.10 Å². The first-order chi connectivity index (χ1) is 14.3. The maximum Gasteiger partial charge on any atom is 0.277 e. The molecule has 3 rings (SSSR count). The lowest BCUT2D eigenvalue weighted by atomic mass is 9.87. The molecular weight excluding hydrogens is 440 g/mol. The molecule has 1 N–H and O–H groups in total. The summed E-state index contributed by atoms with van der Waals surface area (Å²) in [7, 11) is 0. The van der Waals surface area contributed by atoms with Gasteiger partial charge in [-0.3, -0.25) is 4.79 Å². The van der Waals surface area contributed by atoms with E-state index in [2.05, 4.69) is 59.4 Å². The van der Waals surface area contributed by atoms with Gasteiger partial charge in [0.25, 0.3) is 5.91 Å². The normalized spacial score (nSPS) is 11.5. The molecule has 5 heteroatoms. The van der Waals surface area contributed by atoms with Gasteiger partial charge in [0.05, 0.1) is 10.7 Å². The Morgan fingerprint density at radius 1 is 1.00 bits per heavy atom. The molecule has 0 unspecified atom stereocenters. The number of nitrogens with one attached hydrogen (secondary N) is 1. The van der Waals surface area contributed by atoms with E-state index in [-0.39, 0.29) is 17.9 Å². The minimum absolute atomic E-state index is 0.0481. The molecule has 0 radical (unpaired) electrons. The van der Waals surface area contributed by atoms with Crippen LogP contribution in [0.4, 0.5) is 0 Å². The zero-order valence-electron chi connectivity index (χ0n) is 17.4. The Morgan fingerprint density at radius 3 is 2.30 bits per heavy atom. The topological polar surface area (TPSA) is 50.7 Å². The summed E-state index contributed by atoms with van der Waals surface area (Å²) in [6, 6.07) is 24.0. The molecule has 30 heavy (non-hydrogen) atoms. The van der Waals surface area contributed by atoms with E-state index in [1.54, 1.807) is 6.21 Å². The van der Waals surface area contributed by atoms with Gasteiger partial charge in [0.1, 0.15) is 5.75 Å². The number of carbonyl (C=O) groups is 1. The smallest absolute Gasteiger partial charge is 0.277 e. The first kappa shape index (κ1) is 21.8. The van der Waals surface area contributed by atoms with Crippen LogP contribution in [0, 0.1) is 0 Å². The predicted octanol–water partition coefficient (Wildman–Crippen LogP) is 5.94. The summed E-state index contributed by atoms with van der Waals surface area (Å²) < 4.78 is 6.42. The Morgan fingerprint density at radius 2 is 1.67 bits per heavy atom. The molecule has 3 aromatic carbocycles. The molecular formula is C25H25BrN2O2. The molecule has 3 aromatic rings. The highest BCUT2D eigenvalue weighted by molar-refractivity contribution is 9.10.